The number of ether oxygens (including phenoxy) is 1. The number of rotatable bonds is 13. The van der Waals surface area contributed by atoms with Crippen LogP contribution < -0.4 is 10.1 Å². The minimum Gasteiger partial charge on any atom is -0.494 e. The zero-order chi connectivity index (χ0) is 25.1. The number of aliphatic hydroxyl groups excluding tert-OH is 1. The number of aryl methyl sites for hydroxylation is 1. The highest BCUT2D eigenvalue weighted by Crippen LogP contribution is 2.36. The summed E-state index contributed by atoms with van der Waals surface area (Å²) in [6.07, 6.45) is -0.821. The van der Waals surface area contributed by atoms with Crippen LogP contribution in [0.3, 0.4) is 0 Å². The van der Waals surface area contributed by atoms with E-state index in [1.807, 2.05) is 12.1 Å². The molecular weight excluding hydrogens is 475 g/mol. The van der Waals surface area contributed by atoms with Crippen molar-refractivity contribution in [2.24, 2.45) is 0 Å². The summed E-state index contributed by atoms with van der Waals surface area (Å²) < 4.78 is 44.0. The zero-order valence-electron chi connectivity index (χ0n) is 18.4. The predicted octanol–water partition coefficient (Wildman–Crippen LogP) is 5.11. The Labute approximate surface area is 200 Å². The maximum atomic E-state index is 12.9. The van der Waals surface area contributed by atoms with Gasteiger partial charge >= 0.3 is 12.1 Å². The van der Waals surface area contributed by atoms with E-state index in [9.17, 15) is 27.9 Å². The quantitative estimate of drug-likeness (QED) is 0.332. The molecule has 1 atom stereocenters. The third-order valence-corrected chi connectivity index (χ3v) is 5.41. The van der Waals surface area contributed by atoms with Gasteiger partial charge < -0.3 is 20.3 Å². The van der Waals surface area contributed by atoms with Gasteiger partial charge in [-0.2, -0.15) is 13.2 Å². The standard InChI is InChI=1S/C24H27ClF3NO5/c25-20-12-11-18(14-19(20)24(26,27)28)34-13-5-3-1-2-4-6-16-7-9-17(10-8-16)22(31)29-15-21(30)23(32)33/h7-12,14,21,30H,1-6,13,15H2,(H,29,31)(H,32,33). The van der Waals surface area contributed by atoms with Crippen molar-refractivity contribution in [2.45, 2.75) is 50.8 Å². The summed E-state index contributed by atoms with van der Waals surface area (Å²) >= 11 is 5.59. The molecule has 0 aliphatic rings. The van der Waals surface area contributed by atoms with Crippen LogP contribution >= 0.6 is 11.6 Å². The number of aliphatic hydroxyl groups is 1. The van der Waals surface area contributed by atoms with E-state index in [1.54, 1.807) is 12.1 Å². The van der Waals surface area contributed by atoms with Crippen LogP contribution in [-0.2, 0) is 17.4 Å². The first kappa shape index (κ1) is 27.5. The van der Waals surface area contributed by atoms with Gasteiger partial charge in [-0.25, -0.2) is 4.79 Å². The number of benzene rings is 2. The molecule has 1 amide bonds. The Morgan fingerprint density at radius 3 is 2.29 bits per heavy atom. The van der Waals surface area contributed by atoms with E-state index in [-0.39, 0.29) is 17.3 Å². The Hall–Kier alpha value is -2.78. The second-order valence-corrected chi connectivity index (χ2v) is 8.17. The second kappa shape index (κ2) is 13.2. The van der Waals surface area contributed by atoms with Crippen LogP contribution in [0.1, 0.15) is 53.6 Å². The minimum atomic E-state index is -4.52. The molecule has 3 N–H and O–H groups in total. The van der Waals surface area contributed by atoms with Crippen molar-refractivity contribution in [2.75, 3.05) is 13.2 Å². The fraction of sp³-hybridized carbons (Fsp3) is 0.417. The molecule has 10 heteroatoms. The third kappa shape index (κ3) is 9.23. The van der Waals surface area contributed by atoms with Crippen molar-refractivity contribution in [3.63, 3.8) is 0 Å². The second-order valence-electron chi connectivity index (χ2n) is 7.77. The van der Waals surface area contributed by atoms with Crippen molar-refractivity contribution in [1.82, 2.24) is 5.32 Å². The van der Waals surface area contributed by atoms with Gasteiger partial charge in [0.05, 0.1) is 23.7 Å². The van der Waals surface area contributed by atoms with Gasteiger partial charge in [0, 0.05) is 5.56 Å². The number of hydrogen-bond donors (Lipinski definition) is 3. The number of carbonyl (C=O) groups is 2. The van der Waals surface area contributed by atoms with E-state index in [2.05, 4.69) is 5.32 Å². The minimum absolute atomic E-state index is 0.145. The number of carboxylic acids is 1. The number of nitrogens with one attached hydrogen (secondary N) is 1. The SMILES string of the molecule is O=C(NCC(O)C(=O)O)c1ccc(CCCCCCCOc2ccc(Cl)c(C(F)(F)F)c2)cc1. The molecule has 0 saturated heterocycles. The molecule has 0 bridgehead atoms. The molecule has 0 heterocycles. The van der Waals surface area contributed by atoms with Crippen molar-refractivity contribution in [3.05, 3.63) is 64.2 Å². The maximum Gasteiger partial charge on any atom is 0.417 e. The van der Waals surface area contributed by atoms with Gasteiger partial charge in [0.25, 0.3) is 5.91 Å². The zero-order valence-corrected chi connectivity index (χ0v) is 19.2. The highest BCUT2D eigenvalue weighted by Gasteiger charge is 2.33. The Balaban J connectivity index is 1.60. The summed E-state index contributed by atoms with van der Waals surface area (Å²) in [6, 6.07) is 10.5. The molecule has 34 heavy (non-hydrogen) atoms. The monoisotopic (exact) mass is 501 g/mol. The van der Waals surface area contributed by atoms with Crippen LogP contribution in [0.25, 0.3) is 0 Å². The summed E-state index contributed by atoms with van der Waals surface area (Å²) in [5.74, 6) is -1.71. The Morgan fingerprint density at radius 1 is 1.00 bits per heavy atom. The van der Waals surface area contributed by atoms with Crippen LogP contribution in [-0.4, -0.2) is 41.3 Å². The van der Waals surface area contributed by atoms with Gasteiger partial charge in [-0.1, -0.05) is 43.0 Å². The molecule has 1 unspecified atom stereocenters. The lowest BCUT2D eigenvalue weighted by atomic mass is 10.0. The van der Waals surface area contributed by atoms with E-state index in [0.29, 0.717) is 12.2 Å². The Bertz CT molecular complexity index is 951. The first-order valence-electron chi connectivity index (χ1n) is 10.9. The summed E-state index contributed by atoms with van der Waals surface area (Å²) in [5.41, 5.74) is 0.537. The van der Waals surface area contributed by atoms with E-state index >= 15 is 0 Å². The average Bonchev–Trinajstić information content (AvgIpc) is 2.79. The van der Waals surface area contributed by atoms with Crippen LogP contribution in [0.4, 0.5) is 13.2 Å². The summed E-state index contributed by atoms with van der Waals surface area (Å²) in [7, 11) is 0. The molecule has 0 radical (unpaired) electrons. The molecule has 0 aliphatic carbocycles. The van der Waals surface area contributed by atoms with Crippen LogP contribution in [0, 0.1) is 0 Å². The number of amides is 1. The highest BCUT2D eigenvalue weighted by molar-refractivity contribution is 6.31. The lowest BCUT2D eigenvalue weighted by molar-refractivity contribution is -0.146. The molecule has 0 saturated carbocycles. The van der Waals surface area contributed by atoms with Gasteiger partial charge in [-0.05, 0) is 55.2 Å². The highest BCUT2D eigenvalue weighted by atomic mass is 35.5. The van der Waals surface area contributed by atoms with Crippen molar-refractivity contribution >= 4 is 23.5 Å². The van der Waals surface area contributed by atoms with E-state index in [0.717, 1.165) is 50.2 Å². The molecule has 0 aliphatic heterocycles. The van der Waals surface area contributed by atoms with Crippen LogP contribution in [0.15, 0.2) is 42.5 Å². The van der Waals surface area contributed by atoms with Crippen LogP contribution in [0.5, 0.6) is 5.75 Å². The van der Waals surface area contributed by atoms with Crippen molar-refractivity contribution in [3.8, 4) is 5.75 Å². The Morgan fingerprint density at radius 2 is 1.65 bits per heavy atom. The summed E-state index contributed by atoms with van der Waals surface area (Å²) in [5, 5.41) is 19.8. The molecule has 2 aromatic rings. The number of carbonyl (C=O) groups excluding carboxylic acids is 1. The summed E-state index contributed by atoms with van der Waals surface area (Å²) in [4.78, 5) is 22.5. The molecule has 2 aromatic carbocycles. The predicted molar refractivity (Wildman–Crippen MR) is 121 cm³/mol. The molecule has 0 fully saturated rings. The molecular formula is C24H27ClF3NO5. The van der Waals surface area contributed by atoms with E-state index in [1.165, 1.54) is 12.1 Å². The molecule has 0 aromatic heterocycles. The lowest BCUT2D eigenvalue weighted by Gasteiger charge is -2.12. The van der Waals surface area contributed by atoms with Crippen molar-refractivity contribution in [1.29, 1.82) is 0 Å². The molecule has 6 nitrogen and oxygen atoms in total. The number of unbranched alkanes of at least 4 members (excludes halogenated alkanes) is 4. The van der Waals surface area contributed by atoms with Gasteiger partial charge in [-0.3, -0.25) is 4.79 Å². The largest absolute Gasteiger partial charge is 0.494 e. The number of alkyl halides is 3. The van der Waals surface area contributed by atoms with Gasteiger partial charge in [0.2, 0.25) is 0 Å². The number of halogens is 4. The number of aliphatic carboxylic acids is 1. The first-order chi connectivity index (χ1) is 16.1. The van der Waals surface area contributed by atoms with Gasteiger partial charge in [-0.15, -0.1) is 0 Å². The Kier molecular flexibility index (Phi) is 10.7. The topological polar surface area (TPSA) is 95.9 Å². The number of hydrogen-bond acceptors (Lipinski definition) is 4. The van der Waals surface area contributed by atoms with Crippen LogP contribution in [0.2, 0.25) is 5.02 Å². The summed E-state index contributed by atoms with van der Waals surface area (Å²) in [6.45, 7) is -0.0405. The van der Waals surface area contributed by atoms with E-state index in [4.69, 9.17) is 21.4 Å². The smallest absolute Gasteiger partial charge is 0.417 e. The molecule has 2 rings (SSSR count). The maximum absolute atomic E-state index is 12.9. The number of carboxylic acid groups (broad SMARTS) is 1. The fourth-order valence-corrected chi connectivity index (χ4v) is 3.39. The van der Waals surface area contributed by atoms with Gasteiger partial charge in [0.1, 0.15) is 5.75 Å². The molecule has 186 valence electrons. The fourth-order valence-electron chi connectivity index (χ4n) is 3.16. The van der Waals surface area contributed by atoms with Gasteiger partial charge in [0.15, 0.2) is 6.10 Å². The normalized spacial score (nSPS) is 12.3. The first-order valence-corrected chi connectivity index (χ1v) is 11.2. The average molecular weight is 502 g/mol. The van der Waals surface area contributed by atoms with Crippen molar-refractivity contribution < 1.29 is 37.7 Å². The molecule has 0 spiro atoms. The lowest BCUT2D eigenvalue weighted by Crippen LogP contribution is -2.36. The van der Waals surface area contributed by atoms with E-state index < -0.39 is 29.7 Å². The third-order valence-electron chi connectivity index (χ3n) is 5.08.